The van der Waals surface area contributed by atoms with Crippen LogP contribution < -0.4 is 15.8 Å². The number of nitrogens with two attached hydrogens (primary N) is 1. The van der Waals surface area contributed by atoms with Gasteiger partial charge in [-0.3, -0.25) is 4.79 Å². The van der Waals surface area contributed by atoms with Crippen molar-refractivity contribution in [1.29, 1.82) is 0 Å². The molecule has 5 aromatic rings. The molecule has 36 heavy (non-hydrogen) atoms. The largest absolute Gasteiger partial charge is 0.489 e. The lowest BCUT2D eigenvalue weighted by molar-refractivity contribution is 0.102. The van der Waals surface area contributed by atoms with Crippen LogP contribution in [0.5, 0.6) is 5.75 Å². The van der Waals surface area contributed by atoms with E-state index in [0.29, 0.717) is 35.0 Å². The molecule has 0 saturated heterocycles. The highest BCUT2D eigenvalue weighted by Gasteiger charge is 2.27. The van der Waals surface area contributed by atoms with Crippen molar-refractivity contribution in [3.05, 3.63) is 107 Å². The third-order valence-electron chi connectivity index (χ3n) is 5.81. The number of aromatic nitrogens is 3. The van der Waals surface area contributed by atoms with Gasteiger partial charge >= 0.3 is 0 Å². The van der Waals surface area contributed by atoms with E-state index in [2.05, 4.69) is 15.6 Å². The maximum atomic E-state index is 13.3. The average Bonchev–Trinajstić information content (AvgIpc) is 3.42. The number of para-hydroxylation sites is 1. The average molecular weight is 480 g/mol. The number of hydrogen-bond acceptors (Lipinski definition) is 6. The van der Waals surface area contributed by atoms with Crippen LogP contribution in [-0.2, 0) is 6.61 Å². The van der Waals surface area contributed by atoms with Crippen LogP contribution in [0.4, 0.5) is 11.6 Å². The molecule has 3 N–H and O–H groups in total. The Kier molecular flexibility index (Phi) is 6.23. The van der Waals surface area contributed by atoms with Crippen molar-refractivity contribution in [1.82, 2.24) is 14.9 Å². The molecular formula is C28H25N5O3. The van der Waals surface area contributed by atoms with Crippen LogP contribution in [0.15, 0.2) is 89.5 Å². The fraction of sp³-hybridized carbons (Fsp3) is 0.107. The summed E-state index contributed by atoms with van der Waals surface area (Å²) in [5, 5.41) is 11.7. The molecule has 0 bridgehead atoms. The number of nitrogens with one attached hydrogen (secondary N) is 1. The third kappa shape index (κ3) is 4.56. The molecule has 0 saturated carbocycles. The lowest BCUT2D eigenvalue weighted by Crippen LogP contribution is -2.14. The monoisotopic (exact) mass is 479 g/mol. The van der Waals surface area contributed by atoms with Crippen molar-refractivity contribution < 1.29 is 14.1 Å². The Morgan fingerprint density at radius 2 is 1.72 bits per heavy atom. The normalized spacial score (nSPS) is 10.8. The highest BCUT2D eigenvalue weighted by atomic mass is 16.5. The van der Waals surface area contributed by atoms with E-state index in [1.165, 1.54) is 0 Å². The van der Waals surface area contributed by atoms with Crippen LogP contribution in [0, 0.1) is 13.8 Å². The van der Waals surface area contributed by atoms with Gasteiger partial charge in [-0.15, -0.1) is 0 Å². The van der Waals surface area contributed by atoms with Gasteiger partial charge < -0.3 is 20.3 Å². The minimum Gasteiger partial charge on any atom is -0.489 e. The van der Waals surface area contributed by atoms with Crippen molar-refractivity contribution in [2.75, 3.05) is 11.1 Å². The molecule has 0 atom stereocenters. The molecule has 180 valence electrons. The van der Waals surface area contributed by atoms with Gasteiger partial charge in [0.05, 0.1) is 17.1 Å². The van der Waals surface area contributed by atoms with Gasteiger partial charge in [-0.25, -0.2) is 4.68 Å². The van der Waals surface area contributed by atoms with E-state index < -0.39 is 5.91 Å². The first-order valence-corrected chi connectivity index (χ1v) is 11.5. The zero-order valence-corrected chi connectivity index (χ0v) is 19.9. The van der Waals surface area contributed by atoms with E-state index in [-0.39, 0.29) is 11.4 Å². The number of carbonyl (C=O) groups excluding carboxylic acids is 1. The summed E-state index contributed by atoms with van der Waals surface area (Å²) in [5.41, 5.74) is 11.3. The molecule has 8 nitrogen and oxygen atoms in total. The lowest BCUT2D eigenvalue weighted by Gasteiger charge is -2.10. The van der Waals surface area contributed by atoms with Crippen molar-refractivity contribution in [3.8, 4) is 22.7 Å². The Hall–Kier alpha value is -4.85. The fourth-order valence-electron chi connectivity index (χ4n) is 4.10. The summed E-state index contributed by atoms with van der Waals surface area (Å²) in [4.78, 5) is 13.3. The SMILES string of the molecule is Cc1nn(-c2ccccc2)c(C)c1-c1noc(N)c1C(=O)Nc1cccc(OCc2ccccc2)c1. The molecule has 1 amide bonds. The van der Waals surface area contributed by atoms with Gasteiger partial charge in [-0.1, -0.05) is 59.8 Å². The Morgan fingerprint density at radius 1 is 1.00 bits per heavy atom. The van der Waals surface area contributed by atoms with E-state index in [1.807, 2.05) is 91.3 Å². The number of ether oxygens (including phenoxy) is 1. The Morgan fingerprint density at radius 3 is 2.47 bits per heavy atom. The summed E-state index contributed by atoms with van der Waals surface area (Å²) in [6.45, 7) is 4.20. The quantitative estimate of drug-likeness (QED) is 0.316. The Bertz CT molecular complexity index is 1510. The molecule has 2 heterocycles. The third-order valence-corrected chi connectivity index (χ3v) is 5.81. The fourth-order valence-corrected chi connectivity index (χ4v) is 4.10. The highest BCUT2D eigenvalue weighted by molar-refractivity contribution is 6.11. The van der Waals surface area contributed by atoms with Crippen LogP contribution in [0.3, 0.4) is 0 Å². The minimum absolute atomic E-state index is 0.0646. The van der Waals surface area contributed by atoms with Crippen LogP contribution >= 0.6 is 0 Å². The topological polar surface area (TPSA) is 108 Å². The van der Waals surface area contributed by atoms with E-state index in [1.54, 1.807) is 12.1 Å². The number of nitrogens with zero attached hydrogens (tertiary/aromatic N) is 3. The Labute approximate surface area is 208 Å². The summed E-state index contributed by atoms with van der Waals surface area (Å²) >= 11 is 0. The molecule has 0 aliphatic rings. The number of nitrogen functional groups attached to an aromatic ring is 1. The van der Waals surface area contributed by atoms with Crippen molar-refractivity contribution in [3.63, 3.8) is 0 Å². The molecule has 2 aromatic heterocycles. The van der Waals surface area contributed by atoms with Gasteiger partial charge in [0.15, 0.2) is 0 Å². The van der Waals surface area contributed by atoms with Crippen LogP contribution in [0.25, 0.3) is 16.9 Å². The number of rotatable bonds is 7. The predicted molar refractivity (Wildman–Crippen MR) is 138 cm³/mol. The lowest BCUT2D eigenvalue weighted by atomic mass is 10.0. The first-order valence-electron chi connectivity index (χ1n) is 11.5. The number of benzene rings is 3. The van der Waals surface area contributed by atoms with Gasteiger partial charge in [0.2, 0.25) is 5.88 Å². The molecule has 8 heteroatoms. The summed E-state index contributed by atoms with van der Waals surface area (Å²) in [7, 11) is 0. The summed E-state index contributed by atoms with van der Waals surface area (Å²) < 4.78 is 12.9. The molecule has 5 rings (SSSR count). The molecule has 3 aromatic carbocycles. The summed E-state index contributed by atoms with van der Waals surface area (Å²) in [6.07, 6.45) is 0. The first kappa shape index (κ1) is 22.9. The van der Waals surface area contributed by atoms with Gasteiger partial charge in [-0.2, -0.15) is 5.10 Å². The van der Waals surface area contributed by atoms with Gasteiger partial charge in [-0.05, 0) is 43.7 Å². The van der Waals surface area contributed by atoms with Crippen molar-refractivity contribution in [2.24, 2.45) is 0 Å². The van der Waals surface area contributed by atoms with E-state index >= 15 is 0 Å². The van der Waals surface area contributed by atoms with E-state index in [4.69, 9.17) is 15.0 Å². The standard InChI is InChI=1S/C28H25N5O3/c1-18-24(19(2)33(31-18)22-13-7-4-8-14-22)26-25(27(29)36-32-26)28(34)30-21-12-9-15-23(16-21)35-17-20-10-5-3-6-11-20/h3-16H,17,29H2,1-2H3,(H,30,34). The second-order valence-electron chi connectivity index (χ2n) is 8.32. The number of anilines is 2. The molecule has 0 aliphatic heterocycles. The number of amides is 1. The Balaban J connectivity index is 1.40. The highest BCUT2D eigenvalue weighted by Crippen LogP contribution is 2.33. The zero-order valence-electron chi connectivity index (χ0n) is 19.9. The molecule has 0 radical (unpaired) electrons. The predicted octanol–water partition coefficient (Wildman–Crippen LogP) is 5.56. The minimum atomic E-state index is -0.435. The van der Waals surface area contributed by atoms with Gasteiger partial charge in [0.25, 0.3) is 5.91 Å². The molecular weight excluding hydrogens is 454 g/mol. The van der Waals surface area contributed by atoms with Crippen molar-refractivity contribution in [2.45, 2.75) is 20.5 Å². The van der Waals surface area contributed by atoms with Crippen molar-refractivity contribution >= 4 is 17.5 Å². The van der Waals surface area contributed by atoms with Crippen LogP contribution in [-0.4, -0.2) is 20.8 Å². The molecule has 0 aliphatic carbocycles. The van der Waals surface area contributed by atoms with Crippen LogP contribution in [0.2, 0.25) is 0 Å². The number of aryl methyl sites for hydroxylation is 1. The van der Waals surface area contributed by atoms with Gasteiger partial charge in [0, 0.05) is 17.3 Å². The second kappa shape index (κ2) is 9.79. The maximum absolute atomic E-state index is 13.3. The summed E-state index contributed by atoms with van der Waals surface area (Å²) in [6, 6.07) is 26.8. The van der Waals surface area contributed by atoms with Crippen LogP contribution in [0.1, 0.15) is 27.3 Å². The number of carbonyl (C=O) groups is 1. The maximum Gasteiger partial charge on any atom is 0.263 e. The molecule has 0 spiro atoms. The zero-order chi connectivity index (χ0) is 25.1. The smallest absolute Gasteiger partial charge is 0.263 e. The first-order chi connectivity index (χ1) is 17.5. The van der Waals surface area contributed by atoms with E-state index in [0.717, 1.165) is 16.9 Å². The second-order valence-corrected chi connectivity index (χ2v) is 8.32. The van der Waals surface area contributed by atoms with E-state index in [9.17, 15) is 4.79 Å². The number of hydrogen-bond donors (Lipinski definition) is 2. The summed E-state index contributed by atoms with van der Waals surface area (Å²) in [5.74, 6) is 0.131. The van der Waals surface area contributed by atoms with Gasteiger partial charge in [0.1, 0.15) is 23.6 Å². The molecule has 0 fully saturated rings. The molecule has 0 unspecified atom stereocenters.